The van der Waals surface area contributed by atoms with E-state index in [1.807, 2.05) is 0 Å². The van der Waals surface area contributed by atoms with E-state index in [1.165, 1.54) is 6.20 Å². The highest BCUT2D eigenvalue weighted by molar-refractivity contribution is 6.02. The molecule has 7 heteroatoms. The summed E-state index contributed by atoms with van der Waals surface area (Å²) in [7, 11) is 0. The van der Waals surface area contributed by atoms with E-state index in [4.69, 9.17) is 0 Å². The highest BCUT2D eigenvalue weighted by Crippen LogP contribution is 2.00. The van der Waals surface area contributed by atoms with Gasteiger partial charge in [-0.2, -0.15) is 0 Å². The zero-order valence-corrected chi connectivity index (χ0v) is 10.2. The van der Waals surface area contributed by atoms with Crippen LogP contribution in [-0.4, -0.2) is 20.9 Å². The Morgan fingerprint density at radius 3 is 2.35 bits per heavy atom. The average Bonchev–Trinajstić information content (AvgIpc) is 2.31. The maximum atomic E-state index is 11.6. The van der Waals surface area contributed by atoms with Crippen LogP contribution in [0.15, 0.2) is 43.0 Å². The van der Waals surface area contributed by atoms with E-state index in [2.05, 4.69) is 20.3 Å². The number of hydrogen-bond donors (Lipinski definition) is 1. The third kappa shape index (κ3) is 4.34. The first-order valence-corrected chi connectivity index (χ1v) is 4.34. The molecule has 0 spiro atoms. The molecule has 2 aromatic rings. The Bertz CT molecular complexity index is 452. The van der Waals surface area contributed by atoms with Crippen LogP contribution in [0.25, 0.3) is 0 Å². The van der Waals surface area contributed by atoms with Crippen molar-refractivity contribution in [2.24, 2.45) is 0 Å². The smallest absolute Gasteiger partial charge is 0.259 e. The molecule has 5 nitrogen and oxygen atoms in total. The van der Waals surface area contributed by atoms with Crippen LogP contribution in [-0.2, 0) is 0 Å². The molecule has 2 rings (SSSR count). The van der Waals surface area contributed by atoms with Crippen LogP contribution >= 0.6 is 24.8 Å². The molecule has 0 radical (unpaired) electrons. The van der Waals surface area contributed by atoms with Gasteiger partial charge >= 0.3 is 0 Å². The van der Waals surface area contributed by atoms with Gasteiger partial charge in [0.1, 0.15) is 0 Å². The molecule has 0 atom stereocenters. The Kier molecular flexibility index (Phi) is 6.77. The van der Waals surface area contributed by atoms with Gasteiger partial charge in [0.2, 0.25) is 5.95 Å². The second-order valence-corrected chi connectivity index (χ2v) is 2.77. The maximum absolute atomic E-state index is 11.6. The summed E-state index contributed by atoms with van der Waals surface area (Å²) in [6, 6.07) is 5.05. The van der Waals surface area contributed by atoms with E-state index in [0.29, 0.717) is 5.56 Å². The molecule has 90 valence electrons. The molecule has 0 saturated carbocycles. The van der Waals surface area contributed by atoms with Crippen LogP contribution in [0.1, 0.15) is 10.4 Å². The lowest BCUT2D eigenvalue weighted by atomic mass is 10.3. The van der Waals surface area contributed by atoms with Gasteiger partial charge in [-0.15, -0.1) is 24.8 Å². The van der Waals surface area contributed by atoms with Gasteiger partial charge in [0.05, 0.1) is 5.56 Å². The van der Waals surface area contributed by atoms with Crippen LogP contribution in [0, 0.1) is 0 Å². The number of pyridine rings is 1. The van der Waals surface area contributed by atoms with Crippen LogP contribution in [0.5, 0.6) is 0 Å². The Hall–Kier alpha value is -1.72. The van der Waals surface area contributed by atoms with E-state index in [9.17, 15) is 4.79 Å². The maximum Gasteiger partial charge on any atom is 0.259 e. The zero-order chi connectivity index (χ0) is 10.5. The average molecular weight is 273 g/mol. The largest absolute Gasteiger partial charge is 0.290 e. The first-order valence-electron chi connectivity index (χ1n) is 4.34. The third-order valence-corrected chi connectivity index (χ3v) is 1.71. The molecule has 2 aromatic heterocycles. The monoisotopic (exact) mass is 272 g/mol. The SMILES string of the molecule is Cl.Cl.O=C(Nc1ncccn1)c1cccnc1. The van der Waals surface area contributed by atoms with Crippen molar-refractivity contribution in [2.75, 3.05) is 5.32 Å². The molecule has 0 fully saturated rings. The van der Waals surface area contributed by atoms with Gasteiger partial charge in [0.15, 0.2) is 0 Å². The van der Waals surface area contributed by atoms with Gasteiger partial charge in [-0.1, -0.05) is 0 Å². The number of anilines is 1. The molecule has 0 aliphatic rings. The van der Waals surface area contributed by atoms with E-state index < -0.39 is 0 Å². The van der Waals surface area contributed by atoms with Crippen molar-refractivity contribution in [1.82, 2.24) is 15.0 Å². The van der Waals surface area contributed by atoms with Gasteiger partial charge in [0.25, 0.3) is 5.91 Å². The second-order valence-electron chi connectivity index (χ2n) is 2.77. The van der Waals surface area contributed by atoms with Crippen LogP contribution in [0.3, 0.4) is 0 Å². The molecule has 0 bridgehead atoms. The fraction of sp³-hybridized carbons (Fsp3) is 0. The molecule has 1 N–H and O–H groups in total. The first kappa shape index (κ1) is 15.3. The molecule has 2 heterocycles. The van der Waals surface area contributed by atoms with Gasteiger partial charge in [-0.05, 0) is 18.2 Å². The quantitative estimate of drug-likeness (QED) is 0.908. The predicted octanol–water partition coefficient (Wildman–Crippen LogP) is 1.97. The lowest BCUT2D eigenvalue weighted by Gasteiger charge is -2.01. The third-order valence-electron chi connectivity index (χ3n) is 1.71. The topological polar surface area (TPSA) is 67.8 Å². The van der Waals surface area contributed by atoms with Gasteiger partial charge in [-0.3, -0.25) is 15.1 Å². The van der Waals surface area contributed by atoms with Crippen LogP contribution in [0.2, 0.25) is 0 Å². The van der Waals surface area contributed by atoms with E-state index in [1.54, 1.807) is 36.8 Å². The Morgan fingerprint density at radius 2 is 1.76 bits per heavy atom. The van der Waals surface area contributed by atoms with Crippen LogP contribution < -0.4 is 5.32 Å². The summed E-state index contributed by atoms with van der Waals surface area (Å²) >= 11 is 0. The van der Waals surface area contributed by atoms with Crippen molar-refractivity contribution < 1.29 is 4.79 Å². The highest BCUT2D eigenvalue weighted by atomic mass is 35.5. The normalized spacial score (nSPS) is 8.47. The lowest BCUT2D eigenvalue weighted by Crippen LogP contribution is -2.13. The minimum absolute atomic E-state index is 0. The number of carbonyl (C=O) groups excluding carboxylic acids is 1. The standard InChI is InChI=1S/C10H8N4O.2ClH/c15-9(8-3-1-4-11-7-8)14-10-12-5-2-6-13-10;;/h1-7H,(H,12,13,14,15);2*1H. The molecule has 0 aromatic carbocycles. The molecule has 1 amide bonds. The highest BCUT2D eigenvalue weighted by Gasteiger charge is 2.05. The number of carbonyl (C=O) groups is 1. The number of halogens is 2. The second kappa shape index (κ2) is 7.54. The molecule has 17 heavy (non-hydrogen) atoms. The van der Waals surface area contributed by atoms with Crippen molar-refractivity contribution in [2.45, 2.75) is 0 Å². The van der Waals surface area contributed by atoms with Crippen molar-refractivity contribution in [3.63, 3.8) is 0 Å². The Morgan fingerprint density at radius 1 is 1.06 bits per heavy atom. The van der Waals surface area contributed by atoms with E-state index >= 15 is 0 Å². The summed E-state index contributed by atoms with van der Waals surface area (Å²) < 4.78 is 0. The summed E-state index contributed by atoms with van der Waals surface area (Å²) in [5.74, 6) is 0.0145. The lowest BCUT2D eigenvalue weighted by molar-refractivity contribution is 0.102. The molecule has 0 unspecified atom stereocenters. The molecule has 0 aliphatic heterocycles. The molecule has 0 aliphatic carbocycles. The summed E-state index contributed by atoms with van der Waals surface area (Å²) in [6.07, 6.45) is 6.21. The number of nitrogens with zero attached hydrogens (tertiary/aromatic N) is 3. The van der Waals surface area contributed by atoms with Crippen molar-refractivity contribution >= 4 is 36.7 Å². The molecule has 0 saturated heterocycles. The fourth-order valence-corrected chi connectivity index (χ4v) is 1.03. The Labute approximate surface area is 111 Å². The number of rotatable bonds is 2. The Balaban J connectivity index is 0.00000128. The van der Waals surface area contributed by atoms with Gasteiger partial charge < -0.3 is 0 Å². The van der Waals surface area contributed by atoms with Crippen molar-refractivity contribution in [3.05, 3.63) is 48.5 Å². The van der Waals surface area contributed by atoms with Crippen molar-refractivity contribution in [3.8, 4) is 0 Å². The molecular formula is C10H10Cl2N4O. The van der Waals surface area contributed by atoms with Gasteiger partial charge in [0, 0.05) is 24.8 Å². The van der Waals surface area contributed by atoms with Crippen LogP contribution in [0.4, 0.5) is 5.95 Å². The van der Waals surface area contributed by atoms with Gasteiger partial charge in [-0.25, -0.2) is 9.97 Å². The zero-order valence-electron chi connectivity index (χ0n) is 8.61. The number of aromatic nitrogens is 3. The molecular weight excluding hydrogens is 263 g/mol. The van der Waals surface area contributed by atoms with Crippen molar-refractivity contribution in [1.29, 1.82) is 0 Å². The summed E-state index contributed by atoms with van der Waals surface area (Å²) in [6.45, 7) is 0. The van der Waals surface area contributed by atoms with E-state index in [-0.39, 0.29) is 36.7 Å². The van der Waals surface area contributed by atoms with E-state index in [0.717, 1.165) is 0 Å². The summed E-state index contributed by atoms with van der Waals surface area (Å²) in [5.41, 5.74) is 0.477. The number of nitrogens with one attached hydrogen (secondary N) is 1. The summed E-state index contributed by atoms with van der Waals surface area (Å²) in [5, 5.41) is 2.56. The minimum Gasteiger partial charge on any atom is -0.290 e. The summed E-state index contributed by atoms with van der Waals surface area (Å²) in [4.78, 5) is 23.2. The first-order chi connectivity index (χ1) is 7.36. The number of amides is 1. The number of hydrogen-bond acceptors (Lipinski definition) is 4. The predicted molar refractivity (Wildman–Crippen MR) is 68.7 cm³/mol. The minimum atomic E-state index is -0.269. The fourth-order valence-electron chi connectivity index (χ4n) is 1.03.